The van der Waals surface area contributed by atoms with E-state index in [1.165, 1.54) is 23.8 Å². The molecule has 206 valence electrons. The molecule has 0 saturated carbocycles. The minimum Gasteiger partial charge on any atom is -0.424 e. The van der Waals surface area contributed by atoms with Gasteiger partial charge in [-0.15, -0.1) is 0 Å². The summed E-state index contributed by atoms with van der Waals surface area (Å²) in [7, 11) is 0. The van der Waals surface area contributed by atoms with Crippen molar-refractivity contribution in [2.45, 2.75) is 45.4 Å². The van der Waals surface area contributed by atoms with Gasteiger partial charge in [0.05, 0.1) is 24.2 Å². The molecular formula is C28H33F2N7O2. The number of aliphatic imine (C=N–C) groups is 2. The summed E-state index contributed by atoms with van der Waals surface area (Å²) >= 11 is 0. The first-order valence-corrected chi connectivity index (χ1v) is 13.6. The number of likely N-dealkylation sites (tertiary alicyclic amines) is 1. The Morgan fingerprint density at radius 3 is 2.64 bits per heavy atom. The third kappa shape index (κ3) is 5.66. The van der Waals surface area contributed by atoms with Crippen LogP contribution in [0.4, 0.5) is 8.78 Å². The Morgan fingerprint density at radius 1 is 1.05 bits per heavy atom. The summed E-state index contributed by atoms with van der Waals surface area (Å²) in [5.41, 5.74) is 3.19. The van der Waals surface area contributed by atoms with E-state index in [0.29, 0.717) is 43.1 Å². The van der Waals surface area contributed by atoms with Gasteiger partial charge in [-0.1, -0.05) is 36.2 Å². The lowest BCUT2D eigenvalue weighted by atomic mass is 10.1. The Kier molecular flexibility index (Phi) is 7.53. The number of hydrogen-bond acceptors (Lipinski definition) is 8. The Bertz CT molecular complexity index is 1380. The third-order valence-corrected chi connectivity index (χ3v) is 7.34. The molecule has 0 spiro atoms. The number of fused-ring (bicyclic) bond motifs is 1. The van der Waals surface area contributed by atoms with Gasteiger partial charge in [0.1, 0.15) is 5.75 Å². The number of hydrogen-bond donors (Lipinski definition) is 1. The molecule has 2 saturated heterocycles. The van der Waals surface area contributed by atoms with E-state index in [4.69, 9.17) is 14.5 Å². The highest BCUT2D eigenvalue weighted by Gasteiger charge is 2.30. The molecule has 3 aromatic rings. The standard InChI is InChI=1S/C28H33F2N7O2/c1-19-9-10-23(20(17-19)18-35-11-5-2-6-12-35)39-28-33-26(36-13-15-38-16-14-36)32-27(34-28)37-22-8-4-3-7-21(22)31-25(37)24(29)30/h3-4,7-10,17,24,26H,2,5-6,11-16,18H2,1H3,(H,32,33,34). The van der Waals surface area contributed by atoms with Crippen LogP contribution in [0.1, 0.15) is 42.6 Å². The van der Waals surface area contributed by atoms with Gasteiger partial charge in [0.15, 0.2) is 12.1 Å². The van der Waals surface area contributed by atoms with E-state index >= 15 is 0 Å². The van der Waals surface area contributed by atoms with Crippen LogP contribution in [0.15, 0.2) is 52.4 Å². The molecule has 2 aromatic carbocycles. The quantitative estimate of drug-likeness (QED) is 0.528. The Balaban J connectivity index is 1.38. The molecule has 3 aliphatic rings. The molecule has 3 aliphatic heterocycles. The van der Waals surface area contributed by atoms with E-state index in [0.717, 1.165) is 30.8 Å². The number of aromatic nitrogens is 2. The van der Waals surface area contributed by atoms with E-state index in [9.17, 15) is 8.78 Å². The van der Waals surface area contributed by atoms with Crippen molar-refractivity contribution in [1.29, 1.82) is 0 Å². The third-order valence-electron chi connectivity index (χ3n) is 7.34. The van der Waals surface area contributed by atoms with Crippen molar-refractivity contribution in [3.63, 3.8) is 0 Å². The monoisotopic (exact) mass is 537 g/mol. The first kappa shape index (κ1) is 25.8. The number of para-hydroxylation sites is 2. The zero-order valence-corrected chi connectivity index (χ0v) is 22.0. The SMILES string of the molecule is Cc1ccc(OC2=NC(N3CCOCC3)NC(n3c(C(F)F)nc4ccccc43)=N2)c(CN2CCCCC2)c1. The lowest BCUT2D eigenvalue weighted by Gasteiger charge is -2.34. The molecule has 0 radical (unpaired) electrons. The molecule has 6 rings (SSSR count). The highest BCUT2D eigenvalue weighted by Crippen LogP contribution is 2.27. The molecule has 11 heteroatoms. The van der Waals surface area contributed by atoms with Gasteiger partial charge in [-0.3, -0.25) is 14.4 Å². The number of imidazole rings is 1. The maximum Gasteiger partial charge on any atom is 0.323 e. The summed E-state index contributed by atoms with van der Waals surface area (Å²) in [6, 6.07) is 13.2. The van der Waals surface area contributed by atoms with E-state index in [1.807, 2.05) is 12.1 Å². The molecule has 1 aromatic heterocycles. The van der Waals surface area contributed by atoms with Gasteiger partial charge in [-0.2, -0.15) is 9.98 Å². The number of aryl methyl sites for hydroxylation is 1. The Hall–Kier alpha value is -3.41. The number of halogens is 2. The summed E-state index contributed by atoms with van der Waals surface area (Å²) in [4.78, 5) is 18.1. The minimum absolute atomic E-state index is 0.113. The first-order valence-electron chi connectivity index (χ1n) is 13.6. The van der Waals surface area contributed by atoms with Gasteiger partial charge >= 0.3 is 6.02 Å². The van der Waals surface area contributed by atoms with Crippen LogP contribution in [0.2, 0.25) is 0 Å². The number of rotatable bonds is 5. The lowest BCUT2D eigenvalue weighted by Crippen LogP contribution is -2.55. The zero-order valence-electron chi connectivity index (χ0n) is 22.0. The normalized spacial score (nSPS) is 21.1. The van der Waals surface area contributed by atoms with E-state index < -0.39 is 12.7 Å². The van der Waals surface area contributed by atoms with E-state index in [2.05, 4.69) is 38.1 Å². The molecule has 1 unspecified atom stereocenters. The van der Waals surface area contributed by atoms with Crippen molar-refractivity contribution in [2.75, 3.05) is 39.4 Å². The second kappa shape index (κ2) is 11.4. The highest BCUT2D eigenvalue weighted by molar-refractivity contribution is 6.00. The largest absolute Gasteiger partial charge is 0.424 e. The summed E-state index contributed by atoms with van der Waals surface area (Å²) in [5.74, 6) is 0.482. The predicted molar refractivity (Wildman–Crippen MR) is 145 cm³/mol. The molecule has 0 aliphatic carbocycles. The zero-order chi connectivity index (χ0) is 26.8. The van der Waals surface area contributed by atoms with E-state index in [1.54, 1.807) is 24.3 Å². The summed E-state index contributed by atoms with van der Waals surface area (Å²) < 4.78 is 41.6. The lowest BCUT2D eigenvalue weighted by molar-refractivity contribution is 0.0143. The number of amidine groups is 1. The highest BCUT2D eigenvalue weighted by atomic mass is 19.3. The number of benzene rings is 2. The van der Waals surface area contributed by atoms with Crippen LogP contribution in [0.25, 0.3) is 11.0 Å². The Labute approximate surface area is 226 Å². The van der Waals surface area contributed by atoms with Crippen LogP contribution < -0.4 is 10.1 Å². The maximum atomic E-state index is 14.2. The minimum atomic E-state index is -2.79. The first-order chi connectivity index (χ1) is 19.0. The number of ether oxygens (including phenoxy) is 2. The second-order valence-electron chi connectivity index (χ2n) is 10.2. The smallest absolute Gasteiger partial charge is 0.323 e. The number of morpholine rings is 1. The molecule has 2 fully saturated rings. The molecule has 1 N–H and O–H groups in total. The fraction of sp³-hybridized carbons (Fsp3) is 0.464. The molecule has 0 bridgehead atoms. The topological polar surface area (TPSA) is 79.5 Å². The van der Waals surface area contributed by atoms with Crippen LogP contribution >= 0.6 is 0 Å². The average molecular weight is 538 g/mol. The molecule has 39 heavy (non-hydrogen) atoms. The fourth-order valence-corrected chi connectivity index (χ4v) is 5.36. The van der Waals surface area contributed by atoms with Crippen LogP contribution in [0, 0.1) is 6.92 Å². The maximum absolute atomic E-state index is 14.2. The van der Waals surface area contributed by atoms with Crippen LogP contribution in [0.3, 0.4) is 0 Å². The number of nitrogens with one attached hydrogen (secondary N) is 1. The van der Waals surface area contributed by atoms with Gasteiger partial charge in [-0.05, 0) is 51.1 Å². The summed E-state index contributed by atoms with van der Waals surface area (Å²) in [5, 5.41) is 3.25. The second-order valence-corrected chi connectivity index (χ2v) is 10.2. The van der Waals surface area contributed by atoms with Crippen LogP contribution in [-0.4, -0.2) is 77.0 Å². The van der Waals surface area contributed by atoms with Gasteiger partial charge in [-0.25, -0.2) is 13.8 Å². The predicted octanol–water partition coefficient (Wildman–Crippen LogP) is 4.13. The summed E-state index contributed by atoms with van der Waals surface area (Å²) in [6.07, 6.45) is 0.308. The van der Waals surface area contributed by atoms with Crippen molar-refractivity contribution < 1.29 is 18.3 Å². The van der Waals surface area contributed by atoms with Crippen molar-refractivity contribution in [1.82, 2.24) is 24.7 Å². The fourth-order valence-electron chi connectivity index (χ4n) is 5.36. The van der Waals surface area contributed by atoms with Gasteiger partial charge < -0.3 is 14.8 Å². The molecular weight excluding hydrogens is 504 g/mol. The Morgan fingerprint density at radius 2 is 1.85 bits per heavy atom. The van der Waals surface area contributed by atoms with Crippen LogP contribution in [-0.2, 0) is 11.3 Å². The molecule has 4 heterocycles. The number of nitrogens with zero attached hydrogens (tertiary/aromatic N) is 6. The number of piperidine rings is 1. The van der Waals surface area contributed by atoms with Gasteiger partial charge in [0.25, 0.3) is 6.43 Å². The van der Waals surface area contributed by atoms with Crippen molar-refractivity contribution in [2.24, 2.45) is 9.98 Å². The molecule has 0 amide bonds. The van der Waals surface area contributed by atoms with Crippen LogP contribution in [0.5, 0.6) is 5.75 Å². The number of alkyl halides is 2. The van der Waals surface area contributed by atoms with Crippen molar-refractivity contribution in [3.8, 4) is 5.75 Å². The van der Waals surface area contributed by atoms with E-state index in [-0.39, 0.29) is 17.8 Å². The molecule has 1 atom stereocenters. The van der Waals surface area contributed by atoms with Gasteiger partial charge in [0, 0.05) is 25.2 Å². The summed E-state index contributed by atoms with van der Waals surface area (Å²) in [6.45, 7) is 7.35. The molecule has 9 nitrogen and oxygen atoms in total. The average Bonchev–Trinajstić information content (AvgIpc) is 3.36. The van der Waals surface area contributed by atoms with Crippen molar-refractivity contribution >= 4 is 23.0 Å². The van der Waals surface area contributed by atoms with Crippen molar-refractivity contribution in [3.05, 3.63) is 59.4 Å². The van der Waals surface area contributed by atoms with Gasteiger partial charge in [0.2, 0.25) is 5.96 Å².